The van der Waals surface area contributed by atoms with Crippen molar-refractivity contribution in [1.29, 1.82) is 0 Å². The molecule has 0 radical (unpaired) electrons. The van der Waals surface area contributed by atoms with Crippen LogP contribution in [0.3, 0.4) is 0 Å². The highest BCUT2D eigenvalue weighted by atomic mass is 79.9. The van der Waals surface area contributed by atoms with Gasteiger partial charge in [0, 0.05) is 10.0 Å². The van der Waals surface area contributed by atoms with Gasteiger partial charge in [-0.1, -0.05) is 46.6 Å². The molecule has 180 valence electrons. The minimum Gasteiger partial charge on any atom is -0.494 e. The van der Waals surface area contributed by atoms with Gasteiger partial charge in [0.2, 0.25) is 0 Å². The van der Waals surface area contributed by atoms with E-state index < -0.39 is 17.8 Å². The first-order valence-electron chi connectivity index (χ1n) is 10.5. The van der Waals surface area contributed by atoms with Crippen molar-refractivity contribution < 1.29 is 23.9 Å². The fourth-order valence-electron chi connectivity index (χ4n) is 2.73. The van der Waals surface area contributed by atoms with Gasteiger partial charge in [-0.15, -0.1) is 0 Å². The summed E-state index contributed by atoms with van der Waals surface area (Å²) in [7, 11) is 0. The largest absolute Gasteiger partial charge is 0.494 e. The van der Waals surface area contributed by atoms with Crippen molar-refractivity contribution in [2.75, 3.05) is 11.9 Å². The van der Waals surface area contributed by atoms with Crippen molar-refractivity contribution >= 4 is 57.2 Å². The highest BCUT2D eigenvalue weighted by Crippen LogP contribution is 2.24. The molecule has 3 rings (SSSR count). The van der Waals surface area contributed by atoms with Crippen LogP contribution in [0, 0.1) is 0 Å². The summed E-state index contributed by atoms with van der Waals surface area (Å²) in [5.74, 6) is -1.65. The molecule has 0 fully saturated rings. The van der Waals surface area contributed by atoms with E-state index >= 15 is 0 Å². The van der Waals surface area contributed by atoms with Gasteiger partial charge in [0.05, 0.1) is 29.1 Å². The SMILES string of the molecule is CCCOc1ccc(C(=O)Oc2ccc(Br)cc2C=NNC(=O)C(=O)Nc2ccccc2Cl)cc1. The number of anilines is 1. The molecule has 0 aromatic heterocycles. The Balaban J connectivity index is 1.64. The number of carbonyl (C=O) groups excluding carboxylic acids is 3. The molecule has 3 aromatic carbocycles. The number of benzene rings is 3. The van der Waals surface area contributed by atoms with Gasteiger partial charge >= 0.3 is 17.8 Å². The molecule has 35 heavy (non-hydrogen) atoms. The average Bonchev–Trinajstić information content (AvgIpc) is 2.85. The zero-order valence-corrected chi connectivity index (χ0v) is 20.9. The molecule has 0 bridgehead atoms. The van der Waals surface area contributed by atoms with Crippen LogP contribution in [0.15, 0.2) is 76.3 Å². The smallest absolute Gasteiger partial charge is 0.343 e. The van der Waals surface area contributed by atoms with Gasteiger partial charge in [-0.3, -0.25) is 9.59 Å². The first kappa shape index (κ1) is 25.9. The number of ether oxygens (including phenoxy) is 2. The fraction of sp³-hybridized carbons (Fsp3) is 0.120. The Hall–Kier alpha value is -3.69. The maximum Gasteiger partial charge on any atom is 0.343 e. The quantitative estimate of drug-likeness (QED) is 0.130. The van der Waals surface area contributed by atoms with E-state index in [0.717, 1.165) is 6.42 Å². The molecular formula is C25H21BrClN3O5. The number of nitrogens with one attached hydrogen (secondary N) is 2. The van der Waals surface area contributed by atoms with Gasteiger partial charge in [-0.2, -0.15) is 5.10 Å². The van der Waals surface area contributed by atoms with Crippen LogP contribution in [0.5, 0.6) is 11.5 Å². The van der Waals surface area contributed by atoms with Crippen LogP contribution in [0.4, 0.5) is 5.69 Å². The van der Waals surface area contributed by atoms with Crippen LogP contribution in [-0.4, -0.2) is 30.6 Å². The minimum absolute atomic E-state index is 0.211. The van der Waals surface area contributed by atoms with E-state index in [1.807, 2.05) is 6.92 Å². The van der Waals surface area contributed by atoms with Crippen molar-refractivity contribution in [3.8, 4) is 11.5 Å². The number of carbonyl (C=O) groups is 3. The maximum atomic E-state index is 12.6. The van der Waals surface area contributed by atoms with E-state index in [-0.39, 0.29) is 5.75 Å². The topological polar surface area (TPSA) is 106 Å². The second kappa shape index (κ2) is 12.7. The van der Waals surface area contributed by atoms with Gasteiger partial charge in [-0.05, 0) is 61.0 Å². The monoisotopic (exact) mass is 557 g/mol. The van der Waals surface area contributed by atoms with Crippen LogP contribution >= 0.6 is 27.5 Å². The number of rotatable bonds is 8. The van der Waals surface area contributed by atoms with E-state index in [2.05, 4.69) is 31.8 Å². The Bertz CT molecular complexity index is 1250. The highest BCUT2D eigenvalue weighted by molar-refractivity contribution is 9.10. The summed E-state index contributed by atoms with van der Waals surface area (Å²) in [6, 6.07) is 18.0. The molecule has 0 heterocycles. The second-order valence-electron chi connectivity index (χ2n) is 7.08. The lowest BCUT2D eigenvalue weighted by Crippen LogP contribution is -2.32. The number of hydrazone groups is 1. The van der Waals surface area contributed by atoms with E-state index in [9.17, 15) is 14.4 Å². The van der Waals surface area contributed by atoms with Gasteiger partial charge in [-0.25, -0.2) is 10.2 Å². The molecule has 0 aliphatic rings. The van der Waals surface area contributed by atoms with Crippen LogP contribution < -0.4 is 20.2 Å². The van der Waals surface area contributed by atoms with E-state index in [1.54, 1.807) is 66.7 Å². The van der Waals surface area contributed by atoms with Gasteiger partial charge < -0.3 is 14.8 Å². The third kappa shape index (κ3) is 7.66. The van der Waals surface area contributed by atoms with Crippen LogP contribution in [-0.2, 0) is 9.59 Å². The first-order chi connectivity index (χ1) is 16.9. The van der Waals surface area contributed by atoms with Crippen molar-refractivity contribution in [2.24, 2.45) is 5.10 Å². The summed E-state index contributed by atoms with van der Waals surface area (Å²) in [6.45, 7) is 2.59. The molecule has 0 aliphatic heterocycles. The summed E-state index contributed by atoms with van der Waals surface area (Å²) in [5, 5.41) is 6.49. The zero-order valence-electron chi connectivity index (χ0n) is 18.6. The molecule has 0 atom stereocenters. The summed E-state index contributed by atoms with van der Waals surface area (Å²) >= 11 is 9.32. The molecule has 3 aromatic rings. The number of halogens is 2. The Morgan fingerprint density at radius 3 is 2.49 bits per heavy atom. The maximum absolute atomic E-state index is 12.6. The number of hydrogen-bond acceptors (Lipinski definition) is 6. The molecule has 8 nitrogen and oxygen atoms in total. The van der Waals surface area contributed by atoms with Crippen LogP contribution in [0.2, 0.25) is 5.02 Å². The molecule has 2 amide bonds. The van der Waals surface area contributed by atoms with Gasteiger partial charge in [0.15, 0.2) is 0 Å². The van der Waals surface area contributed by atoms with E-state index in [4.69, 9.17) is 21.1 Å². The van der Waals surface area contributed by atoms with Crippen LogP contribution in [0.25, 0.3) is 0 Å². The third-order valence-electron chi connectivity index (χ3n) is 4.44. The molecule has 0 aliphatic carbocycles. The zero-order chi connectivity index (χ0) is 25.2. The molecule has 10 heteroatoms. The number of esters is 1. The molecule has 0 saturated carbocycles. The Kier molecular flexibility index (Phi) is 9.39. The second-order valence-corrected chi connectivity index (χ2v) is 8.40. The van der Waals surface area contributed by atoms with Gasteiger partial charge in [0.1, 0.15) is 11.5 Å². The summed E-state index contributed by atoms with van der Waals surface area (Å²) in [6.07, 6.45) is 2.14. The number of nitrogens with zero attached hydrogens (tertiary/aromatic N) is 1. The predicted molar refractivity (Wildman–Crippen MR) is 137 cm³/mol. The van der Waals surface area contributed by atoms with Crippen molar-refractivity contribution in [3.05, 3.63) is 87.4 Å². The lowest BCUT2D eigenvalue weighted by atomic mass is 10.2. The van der Waals surface area contributed by atoms with Crippen molar-refractivity contribution in [2.45, 2.75) is 13.3 Å². The van der Waals surface area contributed by atoms with Crippen molar-refractivity contribution in [3.63, 3.8) is 0 Å². The summed E-state index contributed by atoms with van der Waals surface area (Å²) in [5.41, 5.74) is 3.16. The van der Waals surface area contributed by atoms with Crippen molar-refractivity contribution in [1.82, 2.24) is 5.43 Å². The van der Waals surface area contributed by atoms with Crippen LogP contribution in [0.1, 0.15) is 29.3 Å². The Morgan fingerprint density at radius 1 is 1.03 bits per heavy atom. The number of amides is 2. The predicted octanol–water partition coefficient (Wildman–Crippen LogP) is 5.20. The molecule has 0 spiro atoms. The fourth-order valence-corrected chi connectivity index (χ4v) is 3.29. The number of hydrogen-bond donors (Lipinski definition) is 2. The molecule has 0 saturated heterocycles. The number of para-hydroxylation sites is 1. The summed E-state index contributed by atoms with van der Waals surface area (Å²) in [4.78, 5) is 36.7. The lowest BCUT2D eigenvalue weighted by Gasteiger charge is -2.09. The Morgan fingerprint density at radius 2 is 1.77 bits per heavy atom. The molecule has 0 unspecified atom stereocenters. The normalized spacial score (nSPS) is 10.6. The first-order valence-corrected chi connectivity index (χ1v) is 11.7. The molecule has 2 N–H and O–H groups in total. The highest BCUT2D eigenvalue weighted by Gasteiger charge is 2.15. The standard InChI is InChI=1S/C25H21BrClN3O5/c1-2-13-34-19-10-7-16(8-11-19)25(33)35-22-12-9-18(26)14-17(22)15-28-30-24(32)23(31)29-21-6-4-3-5-20(21)27/h3-12,14-15H,2,13H2,1H3,(H,29,31)(H,30,32). The summed E-state index contributed by atoms with van der Waals surface area (Å²) < 4.78 is 11.7. The average molecular weight is 559 g/mol. The Labute approximate surface area is 215 Å². The van der Waals surface area contributed by atoms with Gasteiger partial charge in [0.25, 0.3) is 0 Å². The van der Waals surface area contributed by atoms with E-state index in [1.165, 1.54) is 6.21 Å². The van der Waals surface area contributed by atoms with E-state index in [0.29, 0.717) is 38.7 Å². The minimum atomic E-state index is -1.000. The molecular weight excluding hydrogens is 538 g/mol. The lowest BCUT2D eigenvalue weighted by molar-refractivity contribution is -0.136. The third-order valence-corrected chi connectivity index (χ3v) is 5.26.